The van der Waals surface area contributed by atoms with Crippen molar-refractivity contribution in [3.05, 3.63) is 42.5 Å². The molecule has 1 saturated heterocycles. The number of rotatable bonds is 6. The van der Waals surface area contributed by atoms with Crippen molar-refractivity contribution < 1.29 is 9.59 Å². The first-order chi connectivity index (χ1) is 13.2. The summed E-state index contributed by atoms with van der Waals surface area (Å²) in [6.45, 7) is 1.22. The monoisotopic (exact) mass is 382 g/mol. The Bertz CT molecular complexity index is 971. The van der Waals surface area contributed by atoms with Crippen molar-refractivity contribution in [2.45, 2.75) is 24.4 Å². The normalized spacial score (nSPS) is 14.1. The number of benzene rings is 1. The minimum absolute atomic E-state index is 0.0786. The molecule has 9 heteroatoms. The summed E-state index contributed by atoms with van der Waals surface area (Å²) >= 11 is 1.34. The van der Waals surface area contributed by atoms with E-state index in [0.29, 0.717) is 23.6 Å². The Morgan fingerprint density at radius 3 is 2.85 bits per heavy atom. The van der Waals surface area contributed by atoms with E-state index in [4.69, 9.17) is 0 Å². The second-order valence-corrected chi connectivity index (χ2v) is 7.12. The number of thioether (sulfide) groups is 1. The average molecular weight is 382 g/mol. The van der Waals surface area contributed by atoms with Gasteiger partial charge in [-0.15, -0.1) is 0 Å². The largest absolute Gasteiger partial charge is 0.351 e. The highest BCUT2D eigenvalue weighted by Crippen LogP contribution is 2.22. The van der Waals surface area contributed by atoms with Gasteiger partial charge in [0, 0.05) is 25.2 Å². The van der Waals surface area contributed by atoms with Gasteiger partial charge in [0.05, 0.1) is 12.1 Å². The number of aromatic amines is 1. The SMILES string of the molecule is O=C(CSc1ncnc2nc[nH]c12)NCc1ccc(N2CCCC2=O)cc1. The number of amides is 2. The molecule has 1 aromatic carbocycles. The van der Waals surface area contributed by atoms with Gasteiger partial charge in [-0.2, -0.15) is 0 Å². The number of H-pyrrole nitrogens is 1. The van der Waals surface area contributed by atoms with Gasteiger partial charge in [0.15, 0.2) is 5.65 Å². The molecule has 3 heterocycles. The zero-order valence-corrected chi connectivity index (χ0v) is 15.3. The van der Waals surface area contributed by atoms with Crippen molar-refractivity contribution in [1.82, 2.24) is 25.3 Å². The molecule has 0 radical (unpaired) electrons. The van der Waals surface area contributed by atoms with Crippen molar-refractivity contribution in [3.8, 4) is 0 Å². The van der Waals surface area contributed by atoms with Crippen LogP contribution in [-0.4, -0.2) is 44.0 Å². The van der Waals surface area contributed by atoms with Crippen molar-refractivity contribution in [3.63, 3.8) is 0 Å². The van der Waals surface area contributed by atoms with Gasteiger partial charge in [-0.1, -0.05) is 23.9 Å². The third-order valence-electron chi connectivity index (χ3n) is 4.34. The van der Waals surface area contributed by atoms with E-state index in [2.05, 4.69) is 25.3 Å². The fourth-order valence-corrected chi connectivity index (χ4v) is 3.74. The zero-order valence-electron chi connectivity index (χ0n) is 14.5. The summed E-state index contributed by atoms with van der Waals surface area (Å²) < 4.78 is 0. The maximum Gasteiger partial charge on any atom is 0.230 e. The Morgan fingerprint density at radius 1 is 1.22 bits per heavy atom. The predicted octanol–water partition coefficient (Wildman–Crippen LogP) is 1.89. The van der Waals surface area contributed by atoms with Gasteiger partial charge in [0.25, 0.3) is 0 Å². The summed E-state index contributed by atoms with van der Waals surface area (Å²) in [5.41, 5.74) is 3.23. The Hall–Kier alpha value is -2.94. The highest BCUT2D eigenvalue weighted by atomic mass is 32.2. The summed E-state index contributed by atoms with van der Waals surface area (Å²) in [7, 11) is 0. The van der Waals surface area contributed by atoms with Crippen molar-refractivity contribution >= 4 is 40.4 Å². The molecule has 1 fully saturated rings. The Morgan fingerprint density at radius 2 is 2.07 bits per heavy atom. The van der Waals surface area contributed by atoms with Crippen LogP contribution in [0.4, 0.5) is 5.69 Å². The fraction of sp³-hybridized carbons (Fsp3) is 0.278. The zero-order chi connectivity index (χ0) is 18.6. The minimum Gasteiger partial charge on any atom is -0.351 e. The number of hydrogen-bond donors (Lipinski definition) is 2. The number of anilines is 1. The number of hydrogen-bond acceptors (Lipinski definition) is 6. The van der Waals surface area contributed by atoms with Crippen LogP contribution in [0.3, 0.4) is 0 Å². The molecule has 2 aromatic heterocycles. The predicted molar refractivity (Wildman–Crippen MR) is 102 cm³/mol. The molecule has 138 valence electrons. The molecule has 0 bridgehead atoms. The molecule has 0 aliphatic carbocycles. The Balaban J connectivity index is 1.29. The van der Waals surface area contributed by atoms with Crippen LogP contribution in [0.15, 0.2) is 41.9 Å². The molecule has 0 unspecified atom stereocenters. The van der Waals surface area contributed by atoms with E-state index in [1.54, 1.807) is 11.2 Å². The topological polar surface area (TPSA) is 104 Å². The minimum atomic E-state index is -0.0786. The van der Waals surface area contributed by atoms with Gasteiger partial charge >= 0.3 is 0 Å². The first-order valence-electron chi connectivity index (χ1n) is 8.63. The van der Waals surface area contributed by atoms with E-state index in [0.717, 1.165) is 29.7 Å². The smallest absolute Gasteiger partial charge is 0.230 e. The third kappa shape index (κ3) is 3.92. The molecular formula is C18H18N6O2S. The number of carbonyl (C=O) groups is 2. The van der Waals surface area contributed by atoms with E-state index in [1.807, 2.05) is 24.3 Å². The Kier molecular flexibility index (Phi) is 5.01. The van der Waals surface area contributed by atoms with Crippen molar-refractivity contribution in [2.75, 3.05) is 17.2 Å². The van der Waals surface area contributed by atoms with Gasteiger partial charge in [-0.3, -0.25) is 9.59 Å². The standard InChI is InChI=1S/C18H18N6O2S/c25-14(9-27-18-16-17(21-10-20-16)22-11-23-18)19-8-12-3-5-13(6-4-12)24-7-1-2-15(24)26/h3-6,10-11H,1-2,7-9H2,(H,19,25)(H,20,21,22,23). The number of nitrogens with zero attached hydrogens (tertiary/aromatic N) is 4. The molecule has 2 N–H and O–H groups in total. The van der Waals surface area contributed by atoms with Crippen molar-refractivity contribution in [2.24, 2.45) is 0 Å². The highest BCUT2D eigenvalue weighted by Gasteiger charge is 2.21. The van der Waals surface area contributed by atoms with E-state index < -0.39 is 0 Å². The number of carbonyl (C=O) groups excluding carboxylic acids is 2. The van der Waals surface area contributed by atoms with Crippen LogP contribution in [0.1, 0.15) is 18.4 Å². The average Bonchev–Trinajstić information content (AvgIpc) is 3.34. The molecule has 1 aliphatic rings. The number of fused-ring (bicyclic) bond motifs is 1. The lowest BCUT2D eigenvalue weighted by molar-refractivity contribution is -0.119. The van der Waals surface area contributed by atoms with Gasteiger partial charge < -0.3 is 15.2 Å². The van der Waals surface area contributed by atoms with Gasteiger partial charge in [-0.25, -0.2) is 15.0 Å². The second kappa shape index (κ2) is 7.75. The van der Waals surface area contributed by atoms with Crippen molar-refractivity contribution in [1.29, 1.82) is 0 Å². The lowest BCUT2D eigenvalue weighted by Crippen LogP contribution is -2.25. The summed E-state index contributed by atoms with van der Waals surface area (Å²) in [4.78, 5) is 41.0. The van der Waals surface area contributed by atoms with Crippen LogP contribution < -0.4 is 10.2 Å². The summed E-state index contributed by atoms with van der Waals surface area (Å²) in [5.74, 6) is 0.347. The highest BCUT2D eigenvalue weighted by molar-refractivity contribution is 8.00. The molecule has 0 spiro atoms. The molecule has 1 aliphatic heterocycles. The number of imidazole rings is 1. The molecule has 3 aromatic rings. The molecule has 4 rings (SSSR count). The van der Waals surface area contributed by atoms with Crippen LogP contribution in [0.2, 0.25) is 0 Å². The maximum absolute atomic E-state index is 12.1. The van der Waals surface area contributed by atoms with E-state index >= 15 is 0 Å². The van der Waals surface area contributed by atoms with Crippen LogP contribution in [0.5, 0.6) is 0 Å². The van der Waals surface area contributed by atoms with Gasteiger partial charge in [0.1, 0.15) is 16.9 Å². The summed E-state index contributed by atoms with van der Waals surface area (Å²) in [6, 6.07) is 7.73. The molecule has 8 nitrogen and oxygen atoms in total. The molecular weight excluding hydrogens is 364 g/mol. The van der Waals surface area contributed by atoms with E-state index in [-0.39, 0.29) is 17.6 Å². The second-order valence-electron chi connectivity index (χ2n) is 6.16. The van der Waals surface area contributed by atoms with E-state index in [1.165, 1.54) is 18.1 Å². The third-order valence-corrected chi connectivity index (χ3v) is 5.33. The molecule has 27 heavy (non-hydrogen) atoms. The lowest BCUT2D eigenvalue weighted by atomic mass is 10.2. The number of aromatic nitrogens is 4. The van der Waals surface area contributed by atoms with Crippen LogP contribution in [0.25, 0.3) is 11.2 Å². The van der Waals surface area contributed by atoms with Gasteiger partial charge in [-0.05, 0) is 24.1 Å². The quantitative estimate of drug-likeness (QED) is 0.498. The first kappa shape index (κ1) is 17.5. The van der Waals surface area contributed by atoms with Crippen LogP contribution in [-0.2, 0) is 16.1 Å². The first-order valence-corrected chi connectivity index (χ1v) is 9.62. The molecule has 2 amide bonds. The Labute approximate surface area is 159 Å². The van der Waals surface area contributed by atoms with Gasteiger partial charge in [0.2, 0.25) is 11.8 Å². The van der Waals surface area contributed by atoms with E-state index in [9.17, 15) is 9.59 Å². The fourth-order valence-electron chi connectivity index (χ4n) is 2.95. The summed E-state index contributed by atoms with van der Waals surface area (Å²) in [6.07, 6.45) is 4.52. The molecule has 0 saturated carbocycles. The lowest BCUT2D eigenvalue weighted by Gasteiger charge is -2.16. The maximum atomic E-state index is 12.1. The van der Waals surface area contributed by atoms with Crippen LogP contribution in [0, 0.1) is 0 Å². The number of nitrogens with one attached hydrogen (secondary N) is 2. The molecule has 0 atom stereocenters. The summed E-state index contributed by atoms with van der Waals surface area (Å²) in [5, 5.41) is 3.60. The van der Waals surface area contributed by atoms with Crippen LogP contribution >= 0.6 is 11.8 Å².